The van der Waals surface area contributed by atoms with Crippen LogP contribution in [0.5, 0.6) is 0 Å². The number of hydrogen-bond donors (Lipinski definition) is 1. The molecule has 0 aromatic heterocycles. The largest absolute Gasteiger partial charge is 0.478 e. The van der Waals surface area contributed by atoms with Gasteiger partial charge in [-0.2, -0.15) is 0 Å². The van der Waals surface area contributed by atoms with E-state index in [1.165, 1.54) is 25.7 Å². The Morgan fingerprint density at radius 3 is 2.56 bits per heavy atom. The third-order valence-electron chi connectivity index (χ3n) is 4.26. The number of benzene rings is 1. The maximum Gasteiger partial charge on any atom is 0.337 e. The lowest BCUT2D eigenvalue weighted by Crippen LogP contribution is -2.55. The summed E-state index contributed by atoms with van der Waals surface area (Å²) in [6.07, 6.45) is 5.33. The highest BCUT2D eigenvalue weighted by Crippen LogP contribution is 2.47. The van der Waals surface area contributed by atoms with Crippen LogP contribution in [0.3, 0.4) is 0 Å². The molecule has 1 aromatic carbocycles. The number of aromatic carboxylic acids is 1. The molecule has 18 heavy (non-hydrogen) atoms. The van der Waals surface area contributed by atoms with Crippen molar-refractivity contribution in [3.05, 3.63) is 28.8 Å². The molecule has 2 fully saturated rings. The van der Waals surface area contributed by atoms with Crippen LogP contribution in [0, 0.1) is 5.41 Å². The van der Waals surface area contributed by atoms with Crippen molar-refractivity contribution >= 4 is 23.3 Å². The van der Waals surface area contributed by atoms with Crippen LogP contribution in [0.1, 0.15) is 36.0 Å². The second kappa shape index (κ2) is 4.16. The lowest BCUT2D eigenvalue weighted by atomic mass is 9.78. The van der Waals surface area contributed by atoms with E-state index in [2.05, 4.69) is 4.90 Å². The van der Waals surface area contributed by atoms with E-state index in [0.717, 1.165) is 18.8 Å². The molecule has 0 radical (unpaired) electrons. The standard InChI is InChI=1S/C14H16ClNO2/c15-12-4-3-10(7-11(12)13(17)18)16-8-14(9-16)5-1-2-6-14/h3-4,7H,1-2,5-6,8-9H2,(H,17,18). The first kappa shape index (κ1) is 11.8. The molecular formula is C14H16ClNO2. The van der Waals surface area contributed by atoms with Gasteiger partial charge in [0.1, 0.15) is 0 Å². The van der Waals surface area contributed by atoms with Crippen LogP contribution in [0.2, 0.25) is 5.02 Å². The lowest BCUT2D eigenvalue weighted by Gasteiger charge is -2.49. The third kappa shape index (κ3) is 1.87. The molecule has 1 aromatic rings. The lowest BCUT2D eigenvalue weighted by molar-refractivity contribution is 0.0697. The summed E-state index contributed by atoms with van der Waals surface area (Å²) in [4.78, 5) is 13.3. The summed E-state index contributed by atoms with van der Waals surface area (Å²) < 4.78 is 0. The van der Waals surface area contributed by atoms with Gasteiger partial charge in [-0.15, -0.1) is 0 Å². The molecular weight excluding hydrogens is 250 g/mol. The quantitative estimate of drug-likeness (QED) is 0.891. The zero-order chi connectivity index (χ0) is 12.8. The summed E-state index contributed by atoms with van der Waals surface area (Å²) in [6, 6.07) is 5.28. The van der Waals surface area contributed by atoms with Gasteiger partial charge < -0.3 is 10.0 Å². The summed E-state index contributed by atoms with van der Waals surface area (Å²) in [5.74, 6) is -0.960. The van der Waals surface area contributed by atoms with Gasteiger partial charge in [0.25, 0.3) is 0 Å². The van der Waals surface area contributed by atoms with E-state index < -0.39 is 5.97 Å². The van der Waals surface area contributed by atoms with E-state index >= 15 is 0 Å². The summed E-state index contributed by atoms with van der Waals surface area (Å²) in [6.45, 7) is 2.13. The monoisotopic (exact) mass is 265 g/mol. The molecule has 1 saturated carbocycles. The Hall–Kier alpha value is -1.22. The SMILES string of the molecule is O=C(O)c1cc(N2CC3(CCCC3)C2)ccc1Cl. The maximum atomic E-state index is 11.0. The Kier molecular flexibility index (Phi) is 2.74. The van der Waals surface area contributed by atoms with E-state index in [1.54, 1.807) is 12.1 Å². The highest BCUT2D eigenvalue weighted by atomic mass is 35.5. The molecule has 1 aliphatic heterocycles. The van der Waals surface area contributed by atoms with Crippen molar-refractivity contribution in [3.8, 4) is 0 Å². The van der Waals surface area contributed by atoms with Crippen LogP contribution < -0.4 is 4.90 Å². The molecule has 4 heteroatoms. The fourth-order valence-electron chi connectivity index (χ4n) is 3.26. The van der Waals surface area contributed by atoms with Crippen molar-refractivity contribution in [2.75, 3.05) is 18.0 Å². The normalized spacial score (nSPS) is 21.1. The molecule has 0 amide bonds. The third-order valence-corrected chi connectivity index (χ3v) is 4.59. The maximum absolute atomic E-state index is 11.0. The molecule has 1 aliphatic carbocycles. The summed E-state index contributed by atoms with van der Waals surface area (Å²) in [5.41, 5.74) is 1.69. The van der Waals surface area contributed by atoms with Gasteiger partial charge in [-0.05, 0) is 31.0 Å². The van der Waals surface area contributed by atoms with E-state index in [1.807, 2.05) is 6.07 Å². The molecule has 1 heterocycles. The predicted octanol–water partition coefficient (Wildman–Crippen LogP) is 3.42. The van der Waals surface area contributed by atoms with Crippen LogP contribution >= 0.6 is 11.6 Å². The number of nitrogens with zero attached hydrogens (tertiary/aromatic N) is 1. The van der Waals surface area contributed by atoms with E-state index in [9.17, 15) is 4.79 Å². The van der Waals surface area contributed by atoms with Gasteiger partial charge >= 0.3 is 5.97 Å². The molecule has 1 saturated heterocycles. The van der Waals surface area contributed by atoms with Crippen molar-refractivity contribution < 1.29 is 9.90 Å². The number of halogens is 1. The van der Waals surface area contributed by atoms with Crippen molar-refractivity contribution in [3.63, 3.8) is 0 Å². The van der Waals surface area contributed by atoms with Gasteiger partial charge in [0.05, 0.1) is 10.6 Å². The van der Waals surface area contributed by atoms with Crippen molar-refractivity contribution in [2.24, 2.45) is 5.41 Å². The van der Waals surface area contributed by atoms with E-state index in [-0.39, 0.29) is 5.56 Å². The van der Waals surface area contributed by atoms with E-state index in [0.29, 0.717) is 10.4 Å². The highest BCUT2D eigenvalue weighted by molar-refractivity contribution is 6.33. The minimum absolute atomic E-state index is 0.196. The first-order chi connectivity index (χ1) is 8.60. The first-order valence-corrected chi connectivity index (χ1v) is 6.75. The van der Waals surface area contributed by atoms with Crippen LogP contribution in [0.15, 0.2) is 18.2 Å². The van der Waals surface area contributed by atoms with Gasteiger partial charge in [0.2, 0.25) is 0 Å². The number of carbonyl (C=O) groups is 1. The smallest absolute Gasteiger partial charge is 0.337 e. The molecule has 3 rings (SSSR count). The average molecular weight is 266 g/mol. The van der Waals surface area contributed by atoms with Crippen molar-refractivity contribution in [1.82, 2.24) is 0 Å². The van der Waals surface area contributed by atoms with Gasteiger partial charge in [0.15, 0.2) is 0 Å². The molecule has 2 aliphatic rings. The van der Waals surface area contributed by atoms with Crippen molar-refractivity contribution in [2.45, 2.75) is 25.7 Å². The number of anilines is 1. The summed E-state index contributed by atoms with van der Waals surface area (Å²) >= 11 is 5.88. The molecule has 0 bridgehead atoms. The number of rotatable bonds is 2. The van der Waals surface area contributed by atoms with Crippen molar-refractivity contribution in [1.29, 1.82) is 0 Å². The molecule has 0 atom stereocenters. The van der Waals surface area contributed by atoms with Crippen LogP contribution in [0.4, 0.5) is 5.69 Å². The van der Waals surface area contributed by atoms with Crippen LogP contribution in [0.25, 0.3) is 0 Å². The van der Waals surface area contributed by atoms with Gasteiger partial charge in [0, 0.05) is 24.2 Å². The molecule has 1 N–H and O–H groups in total. The fraction of sp³-hybridized carbons (Fsp3) is 0.500. The molecule has 1 spiro atoms. The predicted molar refractivity (Wildman–Crippen MR) is 71.5 cm³/mol. The fourth-order valence-corrected chi connectivity index (χ4v) is 3.46. The Morgan fingerprint density at radius 2 is 1.94 bits per heavy atom. The highest BCUT2D eigenvalue weighted by Gasteiger charge is 2.44. The second-order valence-electron chi connectivity index (χ2n) is 5.53. The first-order valence-electron chi connectivity index (χ1n) is 6.38. The second-order valence-corrected chi connectivity index (χ2v) is 5.94. The molecule has 96 valence electrons. The minimum atomic E-state index is -0.960. The zero-order valence-corrected chi connectivity index (χ0v) is 10.9. The summed E-state index contributed by atoms with van der Waals surface area (Å²) in [7, 11) is 0. The Bertz CT molecular complexity index is 487. The van der Waals surface area contributed by atoms with Crippen LogP contribution in [-0.4, -0.2) is 24.2 Å². The van der Waals surface area contributed by atoms with Gasteiger partial charge in [-0.3, -0.25) is 0 Å². The van der Waals surface area contributed by atoms with Gasteiger partial charge in [-0.25, -0.2) is 4.79 Å². The Balaban J connectivity index is 1.78. The molecule has 3 nitrogen and oxygen atoms in total. The number of carboxylic acids is 1. The Labute approximate surface area is 111 Å². The van der Waals surface area contributed by atoms with Crippen LogP contribution in [-0.2, 0) is 0 Å². The number of hydrogen-bond acceptors (Lipinski definition) is 2. The van der Waals surface area contributed by atoms with Gasteiger partial charge in [-0.1, -0.05) is 24.4 Å². The number of carboxylic acid groups (broad SMARTS) is 1. The minimum Gasteiger partial charge on any atom is -0.478 e. The zero-order valence-electron chi connectivity index (χ0n) is 10.2. The van der Waals surface area contributed by atoms with E-state index in [4.69, 9.17) is 16.7 Å². The summed E-state index contributed by atoms with van der Waals surface area (Å²) in [5, 5.41) is 9.37. The average Bonchev–Trinajstić information content (AvgIpc) is 2.76. The molecule has 0 unspecified atom stereocenters. The Morgan fingerprint density at radius 1 is 1.28 bits per heavy atom. The topological polar surface area (TPSA) is 40.5 Å².